The van der Waals surface area contributed by atoms with Crippen molar-refractivity contribution in [3.05, 3.63) is 35.4 Å². The highest BCUT2D eigenvalue weighted by Gasteiger charge is 2.10. The molecule has 1 rings (SSSR count). The summed E-state index contributed by atoms with van der Waals surface area (Å²) in [4.78, 5) is 0. The molecule has 0 heterocycles. The van der Waals surface area contributed by atoms with Crippen LogP contribution in [0.25, 0.3) is 0 Å². The molecule has 96 valence electrons. The van der Waals surface area contributed by atoms with Gasteiger partial charge in [0.1, 0.15) is 0 Å². The number of hydrogen-bond acceptors (Lipinski definition) is 3. The highest BCUT2D eigenvalue weighted by Crippen LogP contribution is 2.18. The minimum absolute atomic E-state index is 0.387. The van der Waals surface area contributed by atoms with Crippen LogP contribution in [0, 0.1) is 11.6 Å². The lowest BCUT2D eigenvalue weighted by Gasteiger charge is -2.11. The quantitative estimate of drug-likeness (QED) is 0.717. The molecule has 1 atom stereocenters. The van der Waals surface area contributed by atoms with Crippen LogP contribution in [-0.2, 0) is 4.74 Å². The van der Waals surface area contributed by atoms with Crippen LogP contribution in [-0.4, -0.2) is 31.9 Å². The number of rotatable bonds is 7. The minimum atomic E-state index is -0.936. The molecule has 1 aromatic rings. The Bertz CT molecular complexity index is 347. The number of ether oxygens (including phenoxy) is 1. The summed E-state index contributed by atoms with van der Waals surface area (Å²) in [5.41, 5.74) is 0.387. The zero-order valence-electron chi connectivity index (χ0n) is 9.75. The second kappa shape index (κ2) is 7.32. The van der Waals surface area contributed by atoms with Gasteiger partial charge in [0, 0.05) is 13.7 Å². The number of aliphatic hydroxyl groups excluding tert-OH is 1. The molecular formula is C12H17F2NO2. The molecule has 0 aliphatic rings. The van der Waals surface area contributed by atoms with Crippen molar-refractivity contribution in [2.75, 3.05) is 26.8 Å². The van der Waals surface area contributed by atoms with Crippen molar-refractivity contribution < 1.29 is 18.6 Å². The Labute approximate surface area is 99.4 Å². The standard InChI is InChI=1S/C12H17F2NO2/c1-17-7-6-15-5-4-12(16)9-2-3-10(13)11(14)8-9/h2-3,8,12,15-16H,4-7H2,1H3/t12-/m1/s1. The molecule has 0 bridgehead atoms. The SMILES string of the molecule is COCCNCC[C@@H](O)c1ccc(F)c(F)c1. The van der Waals surface area contributed by atoms with E-state index in [2.05, 4.69) is 5.32 Å². The Morgan fingerprint density at radius 3 is 2.71 bits per heavy atom. The zero-order chi connectivity index (χ0) is 12.7. The van der Waals surface area contributed by atoms with Crippen molar-refractivity contribution in [2.24, 2.45) is 0 Å². The highest BCUT2D eigenvalue weighted by atomic mass is 19.2. The van der Waals surface area contributed by atoms with E-state index in [1.54, 1.807) is 7.11 Å². The second-order valence-corrected chi connectivity index (χ2v) is 3.72. The van der Waals surface area contributed by atoms with Crippen LogP contribution in [0.4, 0.5) is 8.78 Å². The smallest absolute Gasteiger partial charge is 0.159 e. The van der Waals surface area contributed by atoms with Gasteiger partial charge in [0.2, 0.25) is 0 Å². The first-order valence-electron chi connectivity index (χ1n) is 5.48. The lowest BCUT2D eigenvalue weighted by Crippen LogP contribution is -2.21. The largest absolute Gasteiger partial charge is 0.388 e. The molecule has 0 aromatic heterocycles. The molecular weight excluding hydrogens is 228 g/mol. The molecule has 2 N–H and O–H groups in total. The average molecular weight is 245 g/mol. The van der Waals surface area contributed by atoms with E-state index in [-0.39, 0.29) is 0 Å². The Balaban J connectivity index is 2.36. The van der Waals surface area contributed by atoms with E-state index in [1.807, 2.05) is 0 Å². The van der Waals surface area contributed by atoms with Gasteiger partial charge >= 0.3 is 0 Å². The molecule has 5 heteroatoms. The molecule has 3 nitrogen and oxygen atoms in total. The number of halogens is 2. The van der Waals surface area contributed by atoms with E-state index in [1.165, 1.54) is 6.07 Å². The maximum absolute atomic E-state index is 12.9. The third-order valence-electron chi connectivity index (χ3n) is 2.41. The normalized spacial score (nSPS) is 12.7. The third-order valence-corrected chi connectivity index (χ3v) is 2.41. The molecule has 17 heavy (non-hydrogen) atoms. The van der Waals surface area contributed by atoms with Crippen LogP contribution in [0.3, 0.4) is 0 Å². The second-order valence-electron chi connectivity index (χ2n) is 3.72. The number of hydrogen-bond donors (Lipinski definition) is 2. The third kappa shape index (κ3) is 4.77. The summed E-state index contributed by atoms with van der Waals surface area (Å²) in [6.45, 7) is 1.88. The summed E-state index contributed by atoms with van der Waals surface area (Å²) in [6.07, 6.45) is -0.352. The van der Waals surface area contributed by atoms with Gasteiger partial charge in [0.15, 0.2) is 11.6 Å². The van der Waals surface area contributed by atoms with Gasteiger partial charge in [0.05, 0.1) is 12.7 Å². The van der Waals surface area contributed by atoms with Crippen LogP contribution in [0.2, 0.25) is 0 Å². The first kappa shape index (κ1) is 14.0. The topological polar surface area (TPSA) is 41.5 Å². The monoisotopic (exact) mass is 245 g/mol. The maximum atomic E-state index is 12.9. The van der Waals surface area contributed by atoms with Gasteiger partial charge in [-0.3, -0.25) is 0 Å². The maximum Gasteiger partial charge on any atom is 0.159 e. The fourth-order valence-electron chi connectivity index (χ4n) is 1.42. The van der Waals surface area contributed by atoms with Crippen molar-refractivity contribution in [3.63, 3.8) is 0 Å². The number of nitrogens with one attached hydrogen (secondary N) is 1. The first-order valence-corrected chi connectivity index (χ1v) is 5.48. The Morgan fingerprint density at radius 1 is 1.29 bits per heavy atom. The van der Waals surface area contributed by atoms with Gasteiger partial charge in [0.25, 0.3) is 0 Å². The van der Waals surface area contributed by atoms with E-state index >= 15 is 0 Å². The fourth-order valence-corrected chi connectivity index (χ4v) is 1.42. The average Bonchev–Trinajstić information content (AvgIpc) is 2.32. The van der Waals surface area contributed by atoms with Crippen LogP contribution in [0.5, 0.6) is 0 Å². The van der Waals surface area contributed by atoms with Gasteiger partial charge in [-0.05, 0) is 30.7 Å². The van der Waals surface area contributed by atoms with Crippen LogP contribution in [0.15, 0.2) is 18.2 Å². The van der Waals surface area contributed by atoms with E-state index in [0.717, 1.165) is 12.1 Å². The van der Waals surface area contributed by atoms with Crippen molar-refractivity contribution in [1.29, 1.82) is 0 Å². The Morgan fingerprint density at radius 2 is 2.06 bits per heavy atom. The number of methoxy groups -OCH3 is 1. The van der Waals surface area contributed by atoms with E-state index in [9.17, 15) is 13.9 Å². The molecule has 0 saturated carbocycles. The van der Waals surface area contributed by atoms with Gasteiger partial charge in [-0.15, -0.1) is 0 Å². The van der Waals surface area contributed by atoms with Crippen LogP contribution in [0.1, 0.15) is 18.1 Å². The van der Waals surface area contributed by atoms with Crippen molar-refractivity contribution in [3.8, 4) is 0 Å². The summed E-state index contributed by atoms with van der Waals surface area (Å²) in [7, 11) is 1.61. The van der Waals surface area contributed by atoms with Crippen LogP contribution >= 0.6 is 0 Å². The molecule has 0 spiro atoms. The minimum Gasteiger partial charge on any atom is -0.388 e. The lowest BCUT2D eigenvalue weighted by atomic mass is 10.1. The molecule has 0 radical (unpaired) electrons. The van der Waals surface area contributed by atoms with Crippen molar-refractivity contribution in [2.45, 2.75) is 12.5 Å². The fraction of sp³-hybridized carbons (Fsp3) is 0.500. The summed E-state index contributed by atoms with van der Waals surface area (Å²) in [5, 5.41) is 12.8. The summed E-state index contributed by atoms with van der Waals surface area (Å²) < 4.78 is 30.4. The Hall–Kier alpha value is -1.04. The van der Waals surface area contributed by atoms with Gasteiger partial charge < -0.3 is 15.2 Å². The predicted molar refractivity (Wildman–Crippen MR) is 60.7 cm³/mol. The van der Waals surface area contributed by atoms with E-state index < -0.39 is 17.7 Å². The van der Waals surface area contributed by atoms with Gasteiger partial charge in [-0.25, -0.2) is 8.78 Å². The zero-order valence-corrected chi connectivity index (χ0v) is 9.75. The lowest BCUT2D eigenvalue weighted by molar-refractivity contribution is 0.162. The highest BCUT2D eigenvalue weighted by molar-refractivity contribution is 5.19. The molecule has 0 aliphatic heterocycles. The van der Waals surface area contributed by atoms with Gasteiger partial charge in [-0.2, -0.15) is 0 Å². The summed E-state index contributed by atoms with van der Waals surface area (Å²) in [6, 6.07) is 3.43. The molecule has 0 fully saturated rings. The van der Waals surface area contributed by atoms with Crippen molar-refractivity contribution in [1.82, 2.24) is 5.32 Å². The molecule has 0 unspecified atom stereocenters. The number of benzene rings is 1. The van der Waals surface area contributed by atoms with Gasteiger partial charge in [-0.1, -0.05) is 6.07 Å². The molecule has 0 aliphatic carbocycles. The van der Waals surface area contributed by atoms with Crippen LogP contribution < -0.4 is 5.32 Å². The van der Waals surface area contributed by atoms with E-state index in [0.29, 0.717) is 31.7 Å². The first-order chi connectivity index (χ1) is 8.15. The summed E-state index contributed by atoms with van der Waals surface area (Å²) in [5.74, 6) is -1.84. The number of aliphatic hydroxyl groups is 1. The predicted octanol–water partition coefficient (Wildman–Crippen LogP) is 1.62. The molecule has 1 aromatic carbocycles. The summed E-state index contributed by atoms with van der Waals surface area (Å²) >= 11 is 0. The Kier molecular flexibility index (Phi) is 6.04. The molecule has 0 saturated heterocycles. The van der Waals surface area contributed by atoms with Crippen molar-refractivity contribution >= 4 is 0 Å². The van der Waals surface area contributed by atoms with E-state index in [4.69, 9.17) is 4.74 Å². The molecule has 0 amide bonds.